The van der Waals surface area contributed by atoms with E-state index in [1.165, 1.54) is 0 Å². The van der Waals surface area contributed by atoms with E-state index in [0.29, 0.717) is 6.61 Å². The maximum absolute atomic E-state index is 6.10. The molecular weight excluding hydrogens is 366 g/mol. The highest BCUT2D eigenvalue weighted by molar-refractivity contribution is 5.82. The summed E-state index contributed by atoms with van der Waals surface area (Å²) in [6.07, 6.45) is 6.66. The van der Waals surface area contributed by atoms with Crippen molar-refractivity contribution in [2.24, 2.45) is 0 Å². The number of ether oxygens (including phenoxy) is 3. The van der Waals surface area contributed by atoms with Gasteiger partial charge in [0.1, 0.15) is 17.2 Å². The standard InChI is InChI=1S/C23H31N3O3/c1-7-10-18(29-9-3)22-17(8-2)25-23-21(24-11-12-26(22)23)20-15(4)13-16(27-5)14-19(20)28-6/h11-14,18H,7-10H2,1-6H3. The molecule has 0 saturated carbocycles. The van der Waals surface area contributed by atoms with Crippen molar-refractivity contribution in [3.05, 3.63) is 41.5 Å². The minimum absolute atomic E-state index is 0.0176. The lowest BCUT2D eigenvalue weighted by molar-refractivity contribution is 0.0514. The van der Waals surface area contributed by atoms with Gasteiger partial charge in [0.15, 0.2) is 5.65 Å². The van der Waals surface area contributed by atoms with Gasteiger partial charge < -0.3 is 14.2 Å². The van der Waals surface area contributed by atoms with Gasteiger partial charge in [0.2, 0.25) is 0 Å². The summed E-state index contributed by atoms with van der Waals surface area (Å²) >= 11 is 0. The van der Waals surface area contributed by atoms with Crippen LogP contribution in [-0.2, 0) is 11.2 Å². The van der Waals surface area contributed by atoms with Crippen LogP contribution < -0.4 is 9.47 Å². The highest BCUT2D eigenvalue weighted by Gasteiger charge is 2.24. The van der Waals surface area contributed by atoms with Gasteiger partial charge in [-0.25, -0.2) is 4.98 Å². The molecule has 6 nitrogen and oxygen atoms in total. The molecule has 1 atom stereocenters. The third-order valence-corrected chi connectivity index (χ3v) is 5.18. The fourth-order valence-electron chi connectivity index (χ4n) is 3.89. The van der Waals surface area contributed by atoms with Crippen molar-refractivity contribution in [3.8, 4) is 22.8 Å². The van der Waals surface area contributed by atoms with Gasteiger partial charge in [-0.3, -0.25) is 9.38 Å². The fourth-order valence-corrected chi connectivity index (χ4v) is 3.89. The summed E-state index contributed by atoms with van der Waals surface area (Å²) in [7, 11) is 3.32. The zero-order valence-electron chi connectivity index (χ0n) is 18.3. The highest BCUT2D eigenvalue weighted by atomic mass is 16.5. The predicted octanol–water partition coefficient (Wildman–Crippen LogP) is 5.16. The lowest BCUT2D eigenvalue weighted by Gasteiger charge is -2.18. The molecular formula is C23H31N3O3. The third kappa shape index (κ3) is 3.94. The molecule has 0 amide bonds. The van der Waals surface area contributed by atoms with Crippen molar-refractivity contribution in [3.63, 3.8) is 0 Å². The van der Waals surface area contributed by atoms with E-state index in [1.807, 2.05) is 38.4 Å². The minimum Gasteiger partial charge on any atom is -0.497 e. The number of benzene rings is 1. The molecule has 0 aliphatic rings. The van der Waals surface area contributed by atoms with Crippen LogP contribution in [0, 0.1) is 6.92 Å². The van der Waals surface area contributed by atoms with Crippen LogP contribution in [0.3, 0.4) is 0 Å². The molecule has 3 aromatic rings. The molecule has 0 fully saturated rings. The van der Waals surface area contributed by atoms with E-state index in [4.69, 9.17) is 24.2 Å². The molecule has 0 saturated heterocycles. The number of imidazole rings is 1. The van der Waals surface area contributed by atoms with E-state index in [0.717, 1.165) is 64.6 Å². The maximum atomic E-state index is 6.10. The van der Waals surface area contributed by atoms with E-state index in [-0.39, 0.29) is 6.10 Å². The molecule has 0 spiro atoms. The molecule has 0 bridgehead atoms. The van der Waals surface area contributed by atoms with Crippen molar-refractivity contribution >= 4 is 5.65 Å². The van der Waals surface area contributed by atoms with Crippen LogP contribution in [-0.4, -0.2) is 35.2 Å². The molecule has 156 valence electrons. The SMILES string of the molecule is CCCC(OCC)c1c(CC)nc2c(-c3c(C)cc(OC)cc3OC)nccn12. The minimum atomic E-state index is 0.0176. The van der Waals surface area contributed by atoms with Crippen molar-refractivity contribution in [1.29, 1.82) is 0 Å². The Morgan fingerprint density at radius 3 is 2.52 bits per heavy atom. The van der Waals surface area contributed by atoms with Crippen molar-refractivity contribution in [2.45, 2.75) is 53.1 Å². The Morgan fingerprint density at radius 1 is 1.10 bits per heavy atom. The summed E-state index contributed by atoms with van der Waals surface area (Å²) in [5.41, 5.74) is 5.76. The number of aryl methyl sites for hydroxylation is 2. The first kappa shape index (κ1) is 21.1. The van der Waals surface area contributed by atoms with Crippen LogP contribution in [0.4, 0.5) is 0 Å². The molecule has 1 unspecified atom stereocenters. The summed E-state index contributed by atoms with van der Waals surface area (Å²) in [6.45, 7) is 9.06. The Hall–Kier alpha value is -2.60. The summed E-state index contributed by atoms with van der Waals surface area (Å²) in [4.78, 5) is 9.68. The second-order valence-corrected chi connectivity index (χ2v) is 7.02. The van der Waals surface area contributed by atoms with Gasteiger partial charge in [-0.1, -0.05) is 20.3 Å². The number of aromatic nitrogens is 3. The quantitative estimate of drug-likeness (QED) is 0.499. The first-order valence-electron chi connectivity index (χ1n) is 10.3. The largest absolute Gasteiger partial charge is 0.497 e. The van der Waals surface area contributed by atoms with E-state index >= 15 is 0 Å². The topological polar surface area (TPSA) is 57.9 Å². The van der Waals surface area contributed by atoms with E-state index in [1.54, 1.807) is 14.2 Å². The molecule has 0 N–H and O–H groups in total. The van der Waals surface area contributed by atoms with Gasteiger partial charge in [-0.2, -0.15) is 0 Å². The van der Waals surface area contributed by atoms with E-state index < -0.39 is 0 Å². The molecule has 0 aliphatic heterocycles. The zero-order valence-corrected chi connectivity index (χ0v) is 18.3. The van der Waals surface area contributed by atoms with Crippen LogP contribution in [0.15, 0.2) is 24.5 Å². The molecule has 1 aromatic carbocycles. The van der Waals surface area contributed by atoms with Gasteiger partial charge >= 0.3 is 0 Å². The Bertz CT molecular complexity index is 975. The lowest BCUT2D eigenvalue weighted by Crippen LogP contribution is -2.10. The summed E-state index contributed by atoms with van der Waals surface area (Å²) in [5.74, 6) is 1.48. The summed E-state index contributed by atoms with van der Waals surface area (Å²) < 4.78 is 19.3. The van der Waals surface area contributed by atoms with Gasteiger partial charge in [0, 0.05) is 30.6 Å². The molecule has 3 rings (SSSR count). The first-order valence-corrected chi connectivity index (χ1v) is 10.3. The zero-order chi connectivity index (χ0) is 21.0. The van der Waals surface area contributed by atoms with Gasteiger partial charge in [-0.15, -0.1) is 0 Å². The first-order chi connectivity index (χ1) is 14.1. The lowest BCUT2D eigenvalue weighted by atomic mass is 10.0. The van der Waals surface area contributed by atoms with Crippen LogP contribution in [0.1, 0.15) is 56.7 Å². The molecule has 0 aliphatic carbocycles. The Morgan fingerprint density at radius 2 is 1.90 bits per heavy atom. The predicted molar refractivity (Wildman–Crippen MR) is 115 cm³/mol. The smallest absolute Gasteiger partial charge is 0.164 e. The van der Waals surface area contributed by atoms with Crippen molar-refractivity contribution in [1.82, 2.24) is 14.4 Å². The normalized spacial score (nSPS) is 12.3. The number of hydrogen-bond donors (Lipinski definition) is 0. The monoisotopic (exact) mass is 397 g/mol. The molecule has 0 radical (unpaired) electrons. The third-order valence-electron chi connectivity index (χ3n) is 5.18. The van der Waals surface area contributed by atoms with Gasteiger partial charge in [0.05, 0.1) is 31.7 Å². The van der Waals surface area contributed by atoms with Crippen LogP contribution >= 0.6 is 0 Å². The van der Waals surface area contributed by atoms with Crippen molar-refractivity contribution < 1.29 is 14.2 Å². The highest BCUT2D eigenvalue weighted by Crippen LogP contribution is 2.38. The van der Waals surface area contributed by atoms with Gasteiger partial charge in [0.25, 0.3) is 0 Å². The molecule has 6 heteroatoms. The molecule has 29 heavy (non-hydrogen) atoms. The number of rotatable bonds is 9. The van der Waals surface area contributed by atoms with Crippen LogP contribution in [0.2, 0.25) is 0 Å². The van der Waals surface area contributed by atoms with Crippen LogP contribution in [0.25, 0.3) is 16.9 Å². The second kappa shape index (κ2) is 9.27. The van der Waals surface area contributed by atoms with E-state index in [9.17, 15) is 0 Å². The average molecular weight is 398 g/mol. The maximum Gasteiger partial charge on any atom is 0.164 e. The number of nitrogens with zero attached hydrogens (tertiary/aromatic N) is 3. The van der Waals surface area contributed by atoms with Crippen molar-refractivity contribution in [2.75, 3.05) is 20.8 Å². The Labute approximate surface area is 172 Å². The average Bonchev–Trinajstić information content (AvgIpc) is 3.11. The summed E-state index contributed by atoms with van der Waals surface area (Å²) in [5, 5.41) is 0. The number of methoxy groups -OCH3 is 2. The second-order valence-electron chi connectivity index (χ2n) is 7.02. The Kier molecular flexibility index (Phi) is 6.75. The van der Waals surface area contributed by atoms with Crippen LogP contribution in [0.5, 0.6) is 11.5 Å². The summed E-state index contributed by atoms with van der Waals surface area (Å²) in [6, 6.07) is 3.88. The molecule has 2 aromatic heterocycles. The number of fused-ring (bicyclic) bond motifs is 1. The Balaban J connectivity index is 2.28. The van der Waals surface area contributed by atoms with E-state index in [2.05, 4.69) is 18.2 Å². The number of hydrogen-bond acceptors (Lipinski definition) is 5. The molecule has 2 heterocycles. The fraction of sp³-hybridized carbons (Fsp3) is 0.478. The van der Waals surface area contributed by atoms with Gasteiger partial charge in [-0.05, 0) is 38.3 Å².